The molecule has 0 unspecified atom stereocenters. The molecular formula is C15H10F2. The number of fused-ring (bicyclic) bond motifs is 1. The molecule has 17 heavy (non-hydrogen) atoms. The van der Waals surface area contributed by atoms with E-state index < -0.39 is 0 Å². The molecule has 0 aromatic heterocycles. The van der Waals surface area contributed by atoms with Gasteiger partial charge in [-0.15, -0.1) is 0 Å². The molecule has 0 spiro atoms. The van der Waals surface area contributed by atoms with E-state index in [-0.39, 0.29) is 11.6 Å². The van der Waals surface area contributed by atoms with Crippen molar-refractivity contribution in [2.24, 2.45) is 0 Å². The summed E-state index contributed by atoms with van der Waals surface area (Å²) in [6.45, 7) is 0. The SMILES string of the molecule is FC1=CCC=C2C1=CC=C2c1ccc(F)cc1. The molecule has 2 aliphatic carbocycles. The van der Waals surface area contributed by atoms with E-state index in [0.29, 0.717) is 12.0 Å². The topological polar surface area (TPSA) is 0 Å². The zero-order valence-corrected chi connectivity index (χ0v) is 9.08. The van der Waals surface area contributed by atoms with Gasteiger partial charge in [0.05, 0.1) is 0 Å². The van der Waals surface area contributed by atoms with Crippen molar-refractivity contribution in [3.8, 4) is 0 Å². The van der Waals surface area contributed by atoms with Gasteiger partial charge in [-0.2, -0.15) is 0 Å². The second kappa shape index (κ2) is 3.81. The number of benzene rings is 1. The highest BCUT2D eigenvalue weighted by Crippen LogP contribution is 2.40. The molecule has 0 nitrogen and oxygen atoms in total. The van der Waals surface area contributed by atoms with Crippen molar-refractivity contribution >= 4 is 5.57 Å². The molecule has 2 aliphatic rings. The number of rotatable bonds is 1. The van der Waals surface area contributed by atoms with E-state index in [2.05, 4.69) is 0 Å². The Kier molecular flexibility index (Phi) is 2.29. The Hall–Kier alpha value is -1.96. The highest BCUT2D eigenvalue weighted by molar-refractivity contribution is 5.90. The first-order valence-corrected chi connectivity index (χ1v) is 5.50. The van der Waals surface area contributed by atoms with Gasteiger partial charge in [-0.3, -0.25) is 0 Å². The van der Waals surface area contributed by atoms with E-state index in [1.54, 1.807) is 24.3 Å². The molecule has 0 heterocycles. The van der Waals surface area contributed by atoms with Crippen molar-refractivity contribution in [3.63, 3.8) is 0 Å². The van der Waals surface area contributed by atoms with Crippen molar-refractivity contribution in [2.45, 2.75) is 6.42 Å². The van der Waals surface area contributed by atoms with Gasteiger partial charge in [0.25, 0.3) is 0 Å². The van der Waals surface area contributed by atoms with Gasteiger partial charge >= 0.3 is 0 Å². The van der Waals surface area contributed by atoms with Crippen LogP contribution < -0.4 is 0 Å². The molecular weight excluding hydrogens is 218 g/mol. The smallest absolute Gasteiger partial charge is 0.127 e. The summed E-state index contributed by atoms with van der Waals surface area (Å²) < 4.78 is 26.4. The van der Waals surface area contributed by atoms with Crippen LogP contribution >= 0.6 is 0 Å². The predicted octanol–water partition coefficient (Wildman–Crippen LogP) is 4.33. The first-order valence-electron chi connectivity index (χ1n) is 5.50. The lowest BCUT2D eigenvalue weighted by atomic mass is 9.92. The monoisotopic (exact) mass is 228 g/mol. The van der Waals surface area contributed by atoms with Crippen LogP contribution in [0.15, 0.2) is 65.5 Å². The Morgan fingerprint density at radius 2 is 1.47 bits per heavy atom. The maximum atomic E-state index is 13.6. The summed E-state index contributed by atoms with van der Waals surface area (Å²) in [5, 5.41) is 0. The summed E-state index contributed by atoms with van der Waals surface area (Å²) >= 11 is 0. The third-order valence-electron chi connectivity index (χ3n) is 3.03. The van der Waals surface area contributed by atoms with Gasteiger partial charge in [-0.05, 0) is 41.3 Å². The van der Waals surface area contributed by atoms with Crippen LogP contribution in [0.3, 0.4) is 0 Å². The highest BCUT2D eigenvalue weighted by atomic mass is 19.1. The molecule has 1 aromatic rings. The standard InChI is InChI=1S/C15H10F2/c16-11-6-4-10(5-7-11)12-8-9-14-13(12)2-1-3-15(14)17/h2-9H,1H2. The molecule has 0 N–H and O–H groups in total. The van der Waals surface area contributed by atoms with Crippen LogP contribution in [-0.4, -0.2) is 0 Å². The molecule has 0 amide bonds. The van der Waals surface area contributed by atoms with Gasteiger partial charge < -0.3 is 0 Å². The van der Waals surface area contributed by atoms with Crippen molar-refractivity contribution in [3.05, 3.63) is 76.9 Å². The van der Waals surface area contributed by atoms with Crippen LogP contribution in [0.1, 0.15) is 12.0 Å². The van der Waals surface area contributed by atoms with Crippen LogP contribution in [0.5, 0.6) is 0 Å². The molecule has 0 radical (unpaired) electrons. The fraction of sp³-hybridized carbons (Fsp3) is 0.0667. The first-order chi connectivity index (χ1) is 8.25. The van der Waals surface area contributed by atoms with E-state index in [1.165, 1.54) is 12.1 Å². The van der Waals surface area contributed by atoms with Gasteiger partial charge in [0.15, 0.2) is 0 Å². The normalized spacial score (nSPS) is 18.0. The Morgan fingerprint density at radius 1 is 0.765 bits per heavy atom. The van der Waals surface area contributed by atoms with E-state index in [1.807, 2.05) is 12.2 Å². The number of halogens is 2. The Bertz CT molecular complexity index is 584. The van der Waals surface area contributed by atoms with Crippen molar-refractivity contribution in [1.29, 1.82) is 0 Å². The third-order valence-corrected chi connectivity index (χ3v) is 3.03. The summed E-state index contributed by atoms with van der Waals surface area (Å²) in [5.74, 6) is -0.430. The Labute approximate surface area is 98.3 Å². The maximum absolute atomic E-state index is 13.6. The molecule has 0 saturated heterocycles. The largest absolute Gasteiger partial charge is 0.207 e. The van der Waals surface area contributed by atoms with Gasteiger partial charge in [0.1, 0.15) is 11.6 Å². The van der Waals surface area contributed by atoms with Gasteiger partial charge in [-0.25, -0.2) is 8.78 Å². The number of hydrogen-bond acceptors (Lipinski definition) is 0. The molecule has 0 aliphatic heterocycles. The molecule has 0 fully saturated rings. The molecule has 84 valence electrons. The molecule has 3 rings (SSSR count). The summed E-state index contributed by atoms with van der Waals surface area (Å²) in [7, 11) is 0. The Balaban J connectivity index is 1.99. The van der Waals surface area contributed by atoms with Crippen LogP contribution in [0.2, 0.25) is 0 Å². The summed E-state index contributed by atoms with van der Waals surface area (Å²) in [6, 6.07) is 6.28. The second-order valence-electron chi connectivity index (χ2n) is 4.07. The minimum Gasteiger partial charge on any atom is -0.207 e. The minimum absolute atomic E-state index is 0.170. The fourth-order valence-corrected chi connectivity index (χ4v) is 2.19. The number of allylic oxidation sites excluding steroid dienone is 8. The van der Waals surface area contributed by atoms with E-state index in [4.69, 9.17) is 0 Å². The molecule has 0 bridgehead atoms. The van der Waals surface area contributed by atoms with E-state index in [0.717, 1.165) is 16.7 Å². The van der Waals surface area contributed by atoms with E-state index in [9.17, 15) is 8.78 Å². The van der Waals surface area contributed by atoms with Gasteiger partial charge in [-0.1, -0.05) is 30.4 Å². The molecule has 0 saturated carbocycles. The van der Waals surface area contributed by atoms with Gasteiger partial charge in [0.2, 0.25) is 0 Å². The van der Waals surface area contributed by atoms with Crippen LogP contribution in [0.4, 0.5) is 8.78 Å². The molecule has 0 atom stereocenters. The average Bonchev–Trinajstić information content (AvgIpc) is 2.75. The second-order valence-corrected chi connectivity index (χ2v) is 4.07. The first kappa shape index (κ1) is 10.2. The zero-order chi connectivity index (χ0) is 11.8. The third kappa shape index (κ3) is 1.66. The zero-order valence-electron chi connectivity index (χ0n) is 9.08. The van der Waals surface area contributed by atoms with Crippen LogP contribution in [0.25, 0.3) is 5.57 Å². The lowest BCUT2D eigenvalue weighted by Gasteiger charge is -2.13. The quantitative estimate of drug-likeness (QED) is 0.671. The van der Waals surface area contributed by atoms with Crippen LogP contribution in [0, 0.1) is 5.82 Å². The van der Waals surface area contributed by atoms with Crippen molar-refractivity contribution in [2.75, 3.05) is 0 Å². The summed E-state index contributed by atoms with van der Waals surface area (Å²) in [5.41, 5.74) is 3.43. The molecule has 1 aromatic carbocycles. The number of hydrogen-bond donors (Lipinski definition) is 0. The Morgan fingerprint density at radius 3 is 2.24 bits per heavy atom. The predicted molar refractivity (Wildman–Crippen MR) is 64.4 cm³/mol. The summed E-state index contributed by atoms with van der Waals surface area (Å²) in [6.07, 6.45) is 7.83. The minimum atomic E-state index is -0.260. The molecule has 2 heteroatoms. The maximum Gasteiger partial charge on any atom is 0.127 e. The van der Waals surface area contributed by atoms with Crippen molar-refractivity contribution < 1.29 is 8.78 Å². The van der Waals surface area contributed by atoms with Crippen LogP contribution in [-0.2, 0) is 0 Å². The van der Waals surface area contributed by atoms with Gasteiger partial charge in [0, 0.05) is 5.57 Å². The average molecular weight is 228 g/mol. The fourth-order valence-electron chi connectivity index (χ4n) is 2.19. The highest BCUT2D eigenvalue weighted by Gasteiger charge is 2.21. The summed E-state index contributed by atoms with van der Waals surface area (Å²) in [4.78, 5) is 0. The van der Waals surface area contributed by atoms with Crippen molar-refractivity contribution in [1.82, 2.24) is 0 Å². The van der Waals surface area contributed by atoms with E-state index >= 15 is 0 Å². The lowest BCUT2D eigenvalue weighted by Crippen LogP contribution is -1.95. The lowest BCUT2D eigenvalue weighted by molar-refractivity contribution is 0.627.